The van der Waals surface area contributed by atoms with E-state index in [4.69, 9.17) is 5.11 Å². The first-order valence-corrected chi connectivity index (χ1v) is 9.23. The summed E-state index contributed by atoms with van der Waals surface area (Å²) < 4.78 is 0. The highest BCUT2D eigenvalue weighted by atomic mass is 16.2. The Morgan fingerprint density at radius 3 is 1.79 bits per heavy atom. The van der Waals surface area contributed by atoms with Crippen LogP contribution in [0.2, 0.25) is 0 Å². The fourth-order valence-electron chi connectivity index (χ4n) is 2.70. The monoisotopic (exact) mass is 326 g/mol. The Hall–Kier alpha value is -1.60. The van der Waals surface area contributed by atoms with Crippen LogP contribution in [0.3, 0.4) is 0 Å². The summed E-state index contributed by atoms with van der Waals surface area (Å²) in [5.41, 5.74) is 5.68. The first kappa shape index (κ1) is 20.4. The van der Waals surface area contributed by atoms with Crippen LogP contribution in [0.4, 0.5) is 0 Å². The largest absolute Gasteiger partial charge is 0.396 e. The number of rotatable bonds is 11. The summed E-state index contributed by atoms with van der Waals surface area (Å²) in [6.07, 6.45) is 14.6. The predicted molar refractivity (Wildman–Crippen MR) is 106 cm³/mol. The Kier molecular flexibility index (Phi) is 10.9. The van der Waals surface area contributed by atoms with Crippen LogP contribution in [0, 0.1) is 0 Å². The third kappa shape index (κ3) is 10.2. The van der Waals surface area contributed by atoms with Gasteiger partial charge in [0.05, 0.1) is 0 Å². The first-order chi connectivity index (χ1) is 11.6. The summed E-state index contributed by atoms with van der Waals surface area (Å²) in [6, 6.07) is 10.7. The molecular weight excluding hydrogens is 292 g/mol. The maximum atomic E-state index is 8.88. The van der Waals surface area contributed by atoms with E-state index < -0.39 is 0 Å². The molecule has 0 radical (unpaired) electrons. The molecule has 0 unspecified atom stereocenters. The minimum Gasteiger partial charge on any atom is -0.396 e. The Morgan fingerprint density at radius 2 is 1.25 bits per heavy atom. The van der Waals surface area contributed by atoms with Crippen molar-refractivity contribution >= 4 is 0 Å². The average Bonchev–Trinajstić information content (AvgIpc) is 2.56. The standard InChI is InChI=1S/C23H34O/c1-20(12-8-13-22(3)18-19-24)10-7-11-21(2)14-9-17-23-15-5-4-6-16-23/h4-6,10,13-16,24H,7-9,11-12,17-19H2,1-3H3/b20-10+,21-14+,22-13+. The van der Waals surface area contributed by atoms with Crippen LogP contribution in [-0.4, -0.2) is 11.7 Å². The molecule has 0 atom stereocenters. The van der Waals surface area contributed by atoms with E-state index in [9.17, 15) is 0 Å². The van der Waals surface area contributed by atoms with Crippen LogP contribution in [-0.2, 0) is 6.42 Å². The molecule has 0 saturated heterocycles. The van der Waals surface area contributed by atoms with Gasteiger partial charge in [-0.25, -0.2) is 0 Å². The van der Waals surface area contributed by atoms with E-state index in [0.717, 1.165) is 44.9 Å². The van der Waals surface area contributed by atoms with Gasteiger partial charge in [0.15, 0.2) is 0 Å². The number of aryl methyl sites for hydroxylation is 1. The van der Waals surface area contributed by atoms with E-state index in [2.05, 4.69) is 69.3 Å². The molecule has 0 bridgehead atoms. The lowest BCUT2D eigenvalue weighted by Crippen LogP contribution is -1.85. The lowest BCUT2D eigenvalue weighted by atomic mass is 10.0. The van der Waals surface area contributed by atoms with Gasteiger partial charge in [-0.3, -0.25) is 0 Å². The Labute approximate surface area is 148 Å². The third-order valence-corrected chi connectivity index (χ3v) is 4.34. The number of hydrogen-bond donors (Lipinski definition) is 1. The van der Waals surface area contributed by atoms with Crippen molar-refractivity contribution in [3.63, 3.8) is 0 Å². The Balaban J connectivity index is 2.21. The van der Waals surface area contributed by atoms with Crippen molar-refractivity contribution < 1.29 is 5.11 Å². The highest BCUT2D eigenvalue weighted by Gasteiger charge is 1.94. The quantitative estimate of drug-likeness (QED) is 0.466. The molecule has 1 aromatic carbocycles. The van der Waals surface area contributed by atoms with Crippen LogP contribution in [0.15, 0.2) is 65.3 Å². The summed E-state index contributed by atoms with van der Waals surface area (Å²) in [6.45, 7) is 6.82. The fourth-order valence-corrected chi connectivity index (χ4v) is 2.70. The lowest BCUT2D eigenvalue weighted by molar-refractivity contribution is 0.299. The molecule has 0 aliphatic heterocycles. The molecule has 1 aromatic rings. The molecule has 132 valence electrons. The number of allylic oxidation sites excluding steroid dienone is 5. The van der Waals surface area contributed by atoms with Gasteiger partial charge in [-0.15, -0.1) is 0 Å². The van der Waals surface area contributed by atoms with Crippen molar-refractivity contribution in [2.75, 3.05) is 6.61 Å². The van der Waals surface area contributed by atoms with E-state index >= 15 is 0 Å². The number of aliphatic hydroxyl groups excluding tert-OH is 1. The Bertz CT molecular complexity index is 534. The summed E-state index contributed by atoms with van der Waals surface area (Å²) >= 11 is 0. The van der Waals surface area contributed by atoms with Crippen LogP contribution < -0.4 is 0 Å². The van der Waals surface area contributed by atoms with Gasteiger partial charge in [0.1, 0.15) is 0 Å². The zero-order valence-electron chi connectivity index (χ0n) is 15.7. The smallest absolute Gasteiger partial charge is 0.0468 e. The molecule has 1 rings (SSSR count). The molecule has 0 heterocycles. The summed E-state index contributed by atoms with van der Waals surface area (Å²) in [7, 11) is 0. The van der Waals surface area contributed by atoms with Gasteiger partial charge in [-0.1, -0.05) is 65.3 Å². The van der Waals surface area contributed by atoms with E-state index in [1.54, 1.807) is 0 Å². The van der Waals surface area contributed by atoms with Gasteiger partial charge in [0.25, 0.3) is 0 Å². The van der Waals surface area contributed by atoms with Gasteiger partial charge in [0.2, 0.25) is 0 Å². The van der Waals surface area contributed by atoms with Gasteiger partial charge in [-0.2, -0.15) is 0 Å². The van der Waals surface area contributed by atoms with Crippen molar-refractivity contribution in [3.05, 3.63) is 70.8 Å². The number of benzene rings is 1. The molecule has 1 N–H and O–H groups in total. The van der Waals surface area contributed by atoms with Crippen molar-refractivity contribution in [1.82, 2.24) is 0 Å². The molecule has 1 heteroatoms. The lowest BCUT2D eigenvalue weighted by Gasteiger charge is -2.03. The van der Waals surface area contributed by atoms with Gasteiger partial charge >= 0.3 is 0 Å². The molecule has 0 spiro atoms. The molecule has 0 aromatic heterocycles. The summed E-state index contributed by atoms with van der Waals surface area (Å²) in [4.78, 5) is 0. The van der Waals surface area contributed by atoms with Crippen molar-refractivity contribution in [1.29, 1.82) is 0 Å². The number of aliphatic hydroxyl groups is 1. The Morgan fingerprint density at radius 1 is 0.750 bits per heavy atom. The molecule has 0 amide bonds. The zero-order valence-corrected chi connectivity index (χ0v) is 15.7. The highest BCUT2D eigenvalue weighted by Crippen LogP contribution is 2.13. The topological polar surface area (TPSA) is 20.2 Å². The fraction of sp³-hybridized carbons (Fsp3) is 0.478. The second-order valence-electron chi connectivity index (χ2n) is 6.73. The van der Waals surface area contributed by atoms with Crippen LogP contribution in [0.25, 0.3) is 0 Å². The molecule has 24 heavy (non-hydrogen) atoms. The maximum Gasteiger partial charge on any atom is 0.0468 e. The normalized spacial score (nSPS) is 13.4. The SMILES string of the molecule is C/C(=C\CC/C(C)=C/CC/C(C)=C/CCc1ccccc1)CCO. The summed E-state index contributed by atoms with van der Waals surface area (Å²) in [5, 5.41) is 8.88. The number of hydrogen-bond acceptors (Lipinski definition) is 1. The third-order valence-electron chi connectivity index (χ3n) is 4.34. The van der Waals surface area contributed by atoms with Gasteiger partial charge in [-0.05, 0) is 71.3 Å². The van der Waals surface area contributed by atoms with Crippen LogP contribution >= 0.6 is 0 Å². The van der Waals surface area contributed by atoms with E-state index in [1.807, 2.05) is 0 Å². The van der Waals surface area contributed by atoms with Crippen molar-refractivity contribution in [2.45, 2.75) is 65.7 Å². The molecule has 1 nitrogen and oxygen atoms in total. The molecule has 0 aliphatic rings. The van der Waals surface area contributed by atoms with Crippen LogP contribution in [0.5, 0.6) is 0 Å². The second-order valence-corrected chi connectivity index (χ2v) is 6.73. The molecule has 0 aliphatic carbocycles. The maximum absolute atomic E-state index is 8.88. The molecular formula is C23H34O. The van der Waals surface area contributed by atoms with Crippen molar-refractivity contribution in [3.8, 4) is 0 Å². The molecule has 0 saturated carbocycles. The van der Waals surface area contributed by atoms with E-state index in [-0.39, 0.29) is 6.61 Å². The van der Waals surface area contributed by atoms with E-state index in [1.165, 1.54) is 22.3 Å². The van der Waals surface area contributed by atoms with E-state index in [0.29, 0.717) is 0 Å². The van der Waals surface area contributed by atoms with Gasteiger partial charge in [0, 0.05) is 6.61 Å². The minimum atomic E-state index is 0.257. The highest BCUT2D eigenvalue weighted by molar-refractivity contribution is 5.15. The first-order valence-electron chi connectivity index (χ1n) is 9.23. The van der Waals surface area contributed by atoms with Crippen molar-refractivity contribution in [2.24, 2.45) is 0 Å². The minimum absolute atomic E-state index is 0.257. The predicted octanol–water partition coefficient (Wildman–Crippen LogP) is 6.40. The molecule has 0 fully saturated rings. The van der Waals surface area contributed by atoms with Gasteiger partial charge < -0.3 is 5.11 Å². The summed E-state index contributed by atoms with van der Waals surface area (Å²) in [5.74, 6) is 0. The average molecular weight is 327 g/mol. The second kappa shape index (κ2) is 12.8. The van der Waals surface area contributed by atoms with Crippen LogP contribution in [0.1, 0.15) is 64.9 Å². The zero-order chi connectivity index (χ0) is 17.6.